The van der Waals surface area contributed by atoms with E-state index in [1.54, 1.807) is 0 Å². The van der Waals surface area contributed by atoms with Gasteiger partial charge in [0.25, 0.3) is 12.6 Å². The molecule has 2 heteroatoms. The summed E-state index contributed by atoms with van der Waals surface area (Å²) in [5, 5.41) is 3.27. The van der Waals surface area contributed by atoms with E-state index in [1.165, 1.54) is 6.42 Å². The van der Waals surface area contributed by atoms with Gasteiger partial charge in [-0.3, -0.25) is 5.32 Å². The van der Waals surface area contributed by atoms with Gasteiger partial charge in [-0.05, 0) is 0 Å². The maximum absolute atomic E-state index is 4.00. The molecule has 1 fully saturated rings. The maximum Gasteiger partial charge on any atom is 0.292 e. The van der Waals surface area contributed by atoms with Crippen molar-refractivity contribution in [2.45, 2.75) is 18.5 Å². The van der Waals surface area contributed by atoms with Gasteiger partial charge >= 0.3 is 0 Å². The van der Waals surface area contributed by atoms with Crippen LogP contribution in [0.2, 0.25) is 0 Å². The summed E-state index contributed by atoms with van der Waals surface area (Å²) < 4.78 is 0. The molecule has 3 heterocycles. The summed E-state index contributed by atoms with van der Waals surface area (Å²) >= 11 is 0. The molecule has 36 valence electrons. The first-order valence-electron chi connectivity index (χ1n) is 2.63. The number of fused-ring (bicyclic) bond motifs is 1. The molecule has 0 radical (unpaired) electrons. The van der Waals surface area contributed by atoms with Gasteiger partial charge < -0.3 is 0 Å². The van der Waals surface area contributed by atoms with Gasteiger partial charge in [-0.25, -0.2) is 0 Å². The zero-order chi connectivity index (χ0) is 4.69. The monoisotopic (exact) mass is 95.1 g/mol. The van der Waals surface area contributed by atoms with Gasteiger partial charge in [0.15, 0.2) is 0 Å². The molecule has 0 aromatic rings. The fraction of sp³-hybridized carbons (Fsp3) is 0.800. The van der Waals surface area contributed by atoms with E-state index in [-0.39, 0.29) is 0 Å². The Kier molecular flexibility index (Phi) is 0.487. The second-order valence-electron chi connectivity index (χ2n) is 2.12. The molecule has 2 nitrogen and oxygen atoms in total. The summed E-state index contributed by atoms with van der Waals surface area (Å²) in [4.78, 5) is 4.00. The molecule has 1 N–H and O–H groups in total. The van der Waals surface area contributed by atoms with Gasteiger partial charge in [-0.1, -0.05) is 4.85 Å². The fourth-order valence-electron chi connectivity index (χ4n) is 1.03. The van der Waals surface area contributed by atoms with Gasteiger partial charge in [0.2, 0.25) is 0 Å². The fourth-order valence-corrected chi connectivity index (χ4v) is 1.03. The van der Waals surface area contributed by atoms with E-state index < -0.39 is 0 Å². The number of nitrogens with zero attached hydrogens (tertiary/aromatic N) is 1. The second kappa shape index (κ2) is 0.988. The zero-order valence-corrected chi connectivity index (χ0v) is 4.02. The molecule has 2 atom stereocenters. The lowest BCUT2D eigenvalue weighted by Crippen LogP contribution is -2.54. The smallest absolute Gasteiger partial charge is 0.288 e. The molecule has 1 saturated heterocycles. The van der Waals surface area contributed by atoms with Crippen LogP contribution in [0.25, 0.3) is 4.85 Å². The Bertz CT molecular complexity index is 136. The topological polar surface area (TPSA) is 16.4 Å². The zero-order valence-electron chi connectivity index (χ0n) is 4.02. The molecule has 0 aromatic heterocycles. The van der Waals surface area contributed by atoms with Crippen molar-refractivity contribution < 1.29 is 0 Å². The van der Waals surface area contributed by atoms with Gasteiger partial charge in [0.1, 0.15) is 6.04 Å². The molecule has 3 aliphatic rings. The molecule has 0 aliphatic carbocycles. The van der Waals surface area contributed by atoms with Crippen LogP contribution in [0.3, 0.4) is 0 Å². The van der Waals surface area contributed by atoms with Crippen molar-refractivity contribution in [1.29, 1.82) is 0 Å². The first-order chi connectivity index (χ1) is 3.45. The summed E-state index contributed by atoms with van der Waals surface area (Å²) in [5.41, 5.74) is 0. The Balaban J connectivity index is 2.26. The summed E-state index contributed by atoms with van der Waals surface area (Å²) in [7, 11) is 0. The molecule has 0 aromatic carbocycles. The standard InChI is InChI=1S/C5H7N2/c1-4-2-6-3-5(1)7-4/h4-5,7H,1-2H2/q+1. The van der Waals surface area contributed by atoms with Crippen molar-refractivity contribution >= 4 is 0 Å². The molecule has 0 amide bonds. The summed E-state index contributed by atoms with van der Waals surface area (Å²) in [6, 6.07) is 4.17. The van der Waals surface area contributed by atoms with E-state index in [1.807, 2.05) is 0 Å². The minimum Gasteiger partial charge on any atom is -0.288 e. The Morgan fingerprint density at radius 1 is 1.71 bits per heavy atom. The first kappa shape index (κ1) is 3.45. The highest BCUT2D eigenvalue weighted by atomic mass is 15.1. The van der Waals surface area contributed by atoms with E-state index in [9.17, 15) is 0 Å². The maximum atomic E-state index is 4.00. The lowest BCUT2D eigenvalue weighted by atomic mass is 9.96. The largest absolute Gasteiger partial charge is 0.292 e. The average molecular weight is 95.1 g/mol. The second-order valence-corrected chi connectivity index (χ2v) is 2.12. The summed E-state index contributed by atoms with van der Waals surface area (Å²) in [6.07, 6.45) is 1.27. The highest BCUT2D eigenvalue weighted by Crippen LogP contribution is 2.14. The third-order valence-corrected chi connectivity index (χ3v) is 1.52. The predicted octanol–water partition coefficient (Wildman–Crippen LogP) is 0.0634. The lowest BCUT2D eigenvalue weighted by Gasteiger charge is -2.27. The molecule has 0 spiro atoms. The molecule has 7 heavy (non-hydrogen) atoms. The molecule has 2 bridgehead atoms. The van der Waals surface area contributed by atoms with Crippen molar-refractivity contribution in [1.82, 2.24) is 5.32 Å². The highest BCUT2D eigenvalue weighted by Gasteiger charge is 2.36. The molecular formula is C5H7N2+. The number of nitrogens with one attached hydrogen (secondary N) is 1. The van der Waals surface area contributed by atoms with E-state index in [2.05, 4.69) is 16.2 Å². The Morgan fingerprint density at radius 2 is 2.57 bits per heavy atom. The van der Waals surface area contributed by atoms with Crippen molar-refractivity contribution in [3.05, 3.63) is 4.85 Å². The third kappa shape index (κ3) is 0.359. The number of rotatable bonds is 0. The molecular weight excluding hydrogens is 88.1 g/mol. The van der Waals surface area contributed by atoms with Crippen LogP contribution in [-0.2, 0) is 0 Å². The third-order valence-electron chi connectivity index (χ3n) is 1.52. The molecule has 3 rings (SSSR count). The molecule has 2 unspecified atom stereocenters. The minimum absolute atomic E-state index is 0.513. The minimum atomic E-state index is 0.513. The SMILES string of the molecule is C1#[N+]CC2CC1N2. The van der Waals surface area contributed by atoms with Crippen LogP contribution in [0.15, 0.2) is 0 Å². The number of hydrogen-bond donors (Lipinski definition) is 1. The normalized spacial score (nSPS) is 43.4. The van der Waals surface area contributed by atoms with Crippen LogP contribution in [-0.4, -0.2) is 18.6 Å². The van der Waals surface area contributed by atoms with Gasteiger partial charge in [-0.15, -0.1) is 0 Å². The average Bonchev–Trinajstić information content (AvgIpc) is 1.67. The van der Waals surface area contributed by atoms with Gasteiger partial charge in [0.05, 0.1) is 6.04 Å². The van der Waals surface area contributed by atoms with Crippen LogP contribution in [0, 0.1) is 6.07 Å². The van der Waals surface area contributed by atoms with Crippen LogP contribution in [0.5, 0.6) is 0 Å². The van der Waals surface area contributed by atoms with Crippen molar-refractivity contribution in [3.8, 4) is 6.07 Å². The Hall–Kier alpha value is -0.550. The van der Waals surface area contributed by atoms with Gasteiger partial charge in [-0.2, -0.15) is 0 Å². The first-order valence-corrected chi connectivity index (χ1v) is 2.63. The van der Waals surface area contributed by atoms with E-state index in [0.29, 0.717) is 12.1 Å². The molecule has 0 saturated carbocycles. The van der Waals surface area contributed by atoms with Crippen LogP contribution < -0.4 is 5.32 Å². The summed E-state index contributed by atoms with van der Waals surface area (Å²) in [5.74, 6) is 0. The Labute approximate surface area is 42.3 Å². The number of hydrogen-bond acceptors (Lipinski definition) is 1. The van der Waals surface area contributed by atoms with Crippen LogP contribution in [0.1, 0.15) is 6.42 Å². The van der Waals surface area contributed by atoms with Gasteiger partial charge in [0, 0.05) is 6.42 Å². The van der Waals surface area contributed by atoms with E-state index in [0.717, 1.165) is 6.54 Å². The van der Waals surface area contributed by atoms with E-state index in [4.69, 9.17) is 0 Å². The van der Waals surface area contributed by atoms with Crippen molar-refractivity contribution in [3.63, 3.8) is 0 Å². The van der Waals surface area contributed by atoms with Crippen molar-refractivity contribution in [2.75, 3.05) is 6.54 Å². The van der Waals surface area contributed by atoms with Crippen molar-refractivity contribution in [2.24, 2.45) is 0 Å². The van der Waals surface area contributed by atoms with Crippen LogP contribution in [0.4, 0.5) is 0 Å². The Morgan fingerprint density at radius 3 is 2.71 bits per heavy atom. The predicted molar refractivity (Wildman–Crippen MR) is 27.4 cm³/mol. The highest BCUT2D eigenvalue weighted by molar-refractivity contribution is 5.15. The quantitative estimate of drug-likeness (QED) is 0.450. The molecule has 3 aliphatic heterocycles. The van der Waals surface area contributed by atoms with Crippen LogP contribution >= 0.6 is 0 Å². The van der Waals surface area contributed by atoms with E-state index >= 15 is 0 Å². The summed E-state index contributed by atoms with van der Waals surface area (Å²) in [6.45, 7) is 0.955. The lowest BCUT2D eigenvalue weighted by molar-refractivity contribution is 0.322.